The number of aromatic nitrogens is 2. The number of carbonyl (C=O) groups excluding carboxylic acids is 1. The van der Waals surface area contributed by atoms with Crippen LogP contribution in [0.2, 0.25) is 0 Å². The molecule has 1 amide bonds. The van der Waals surface area contributed by atoms with Crippen LogP contribution in [0, 0.1) is 11.6 Å². The van der Waals surface area contributed by atoms with E-state index in [1.807, 2.05) is 35.2 Å². The summed E-state index contributed by atoms with van der Waals surface area (Å²) in [6.07, 6.45) is 0. The van der Waals surface area contributed by atoms with Crippen LogP contribution >= 0.6 is 0 Å². The lowest BCUT2D eigenvalue weighted by molar-refractivity contribution is -0.133. The largest absolute Gasteiger partial charge is 0.493 e. The summed E-state index contributed by atoms with van der Waals surface area (Å²) < 4.78 is 42.5. The van der Waals surface area contributed by atoms with Crippen LogP contribution in [0.25, 0.3) is 11.3 Å². The van der Waals surface area contributed by atoms with Crippen molar-refractivity contribution in [1.82, 2.24) is 15.1 Å². The van der Waals surface area contributed by atoms with E-state index in [1.54, 1.807) is 19.1 Å². The molecule has 0 spiro atoms. The predicted octanol–water partition coefficient (Wildman–Crippen LogP) is 3.17. The van der Waals surface area contributed by atoms with Gasteiger partial charge in [0.15, 0.2) is 35.5 Å². The Balaban J connectivity index is 1.32. The molecule has 4 rings (SSSR count). The highest BCUT2D eigenvalue weighted by atomic mass is 19.1. The molecule has 0 saturated carbocycles. The zero-order valence-corrected chi connectivity index (χ0v) is 18.8. The second-order valence-corrected chi connectivity index (χ2v) is 7.58. The third-order valence-electron chi connectivity index (χ3n) is 5.53. The monoisotopic (exact) mass is 470 g/mol. The molecular weight excluding hydrogens is 446 g/mol. The molecule has 0 unspecified atom stereocenters. The summed E-state index contributed by atoms with van der Waals surface area (Å²) in [5.41, 5.74) is 1.55. The van der Waals surface area contributed by atoms with E-state index in [0.717, 1.165) is 17.7 Å². The molecule has 34 heavy (non-hydrogen) atoms. The summed E-state index contributed by atoms with van der Waals surface area (Å²) in [7, 11) is 3.16. The Morgan fingerprint density at radius 3 is 2.26 bits per heavy atom. The summed E-state index contributed by atoms with van der Waals surface area (Å²) in [6.45, 7) is 1.75. The van der Waals surface area contributed by atoms with Crippen LogP contribution in [0.3, 0.4) is 0 Å². The minimum Gasteiger partial charge on any atom is -0.493 e. The summed E-state index contributed by atoms with van der Waals surface area (Å²) in [5.74, 6) is -0.00779. The quantitative estimate of drug-likeness (QED) is 0.525. The van der Waals surface area contributed by atoms with Crippen molar-refractivity contribution >= 4 is 11.7 Å². The van der Waals surface area contributed by atoms with E-state index in [2.05, 4.69) is 10.2 Å². The van der Waals surface area contributed by atoms with Crippen molar-refractivity contribution in [2.24, 2.45) is 0 Å². The van der Waals surface area contributed by atoms with Gasteiger partial charge in [-0.25, -0.2) is 8.78 Å². The highest BCUT2D eigenvalue weighted by Crippen LogP contribution is 2.31. The Morgan fingerprint density at radius 1 is 0.882 bits per heavy atom. The van der Waals surface area contributed by atoms with Gasteiger partial charge in [-0.05, 0) is 42.5 Å². The first-order chi connectivity index (χ1) is 16.5. The Bertz CT molecular complexity index is 1150. The van der Waals surface area contributed by atoms with Gasteiger partial charge in [-0.1, -0.05) is 0 Å². The molecule has 0 atom stereocenters. The highest BCUT2D eigenvalue weighted by Gasteiger charge is 2.23. The number of amides is 1. The molecule has 0 aliphatic carbocycles. The molecule has 1 aromatic heterocycles. The lowest BCUT2D eigenvalue weighted by Gasteiger charge is -2.35. The fourth-order valence-corrected chi connectivity index (χ4v) is 3.65. The number of ether oxygens (including phenoxy) is 3. The molecule has 10 heteroatoms. The molecule has 0 radical (unpaired) electrons. The van der Waals surface area contributed by atoms with Gasteiger partial charge >= 0.3 is 0 Å². The molecule has 3 aromatic rings. The molecule has 178 valence electrons. The Hall–Kier alpha value is -3.95. The van der Waals surface area contributed by atoms with Crippen molar-refractivity contribution in [3.05, 3.63) is 60.2 Å². The number of benzene rings is 2. The first kappa shape index (κ1) is 23.2. The molecular formula is C24H24F2N4O4. The topological polar surface area (TPSA) is 77.0 Å². The third-order valence-corrected chi connectivity index (χ3v) is 5.53. The lowest BCUT2D eigenvalue weighted by atomic mass is 10.1. The molecule has 2 aromatic carbocycles. The van der Waals surface area contributed by atoms with Gasteiger partial charge in [-0.15, -0.1) is 10.2 Å². The SMILES string of the molecule is COc1ccc(-c2ccc(N3CCN(C(=O)COc4ccc(F)cc4F)CC3)nn2)cc1OC. The second-order valence-electron chi connectivity index (χ2n) is 7.58. The lowest BCUT2D eigenvalue weighted by Crippen LogP contribution is -2.50. The van der Waals surface area contributed by atoms with E-state index in [9.17, 15) is 13.6 Å². The average molecular weight is 470 g/mol. The Kier molecular flexibility index (Phi) is 7.05. The van der Waals surface area contributed by atoms with Gasteiger partial charge in [0.2, 0.25) is 0 Å². The van der Waals surface area contributed by atoms with Crippen molar-refractivity contribution in [1.29, 1.82) is 0 Å². The van der Waals surface area contributed by atoms with Crippen LogP contribution in [0.4, 0.5) is 14.6 Å². The molecule has 1 aliphatic heterocycles. The third kappa shape index (κ3) is 5.16. The van der Waals surface area contributed by atoms with Crippen molar-refractivity contribution in [2.45, 2.75) is 0 Å². The number of hydrogen-bond donors (Lipinski definition) is 0. The summed E-state index contributed by atoms with van der Waals surface area (Å²) in [5, 5.41) is 8.68. The number of anilines is 1. The van der Waals surface area contributed by atoms with Gasteiger partial charge in [0.25, 0.3) is 5.91 Å². The number of piperazine rings is 1. The van der Waals surface area contributed by atoms with Gasteiger partial charge in [0.05, 0.1) is 19.9 Å². The van der Waals surface area contributed by atoms with Crippen LogP contribution in [-0.4, -0.2) is 68.0 Å². The smallest absolute Gasteiger partial charge is 0.260 e. The zero-order valence-electron chi connectivity index (χ0n) is 18.8. The summed E-state index contributed by atoms with van der Waals surface area (Å²) in [6, 6.07) is 12.3. The number of carbonyl (C=O) groups is 1. The van der Waals surface area contributed by atoms with E-state index < -0.39 is 11.6 Å². The minimum absolute atomic E-state index is 0.154. The van der Waals surface area contributed by atoms with Crippen LogP contribution < -0.4 is 19.1 Å². The Labute approximate surface area is 195 Å². The van der Waals surface area contributed by atoms with Crippen molar-refractivity contribution in [2.75, 3.05) is 51.9 Å². The van der Waals surface area contributed by atoms with Crippen LogP contribution in [0.5, 0.6) is 17.2 Å². The van der Waals surface area contributed by atoms with E-state index in [1.165, 1.54) is 6.07 Å². The Morgan fingerprint density at radius 2 is 1.62 bits per heavy atom. The summed E-state index contributed by atoms with van der Waals surface area (Å²) in [4.78, 5) is 16.1. The van der Waals surface area contributed by atoms with Gasteiger partial charge in [-0.3, -0.25) is 4.79 Å². The van der Waals surface area contributed by atoms with E-state index >= 15 is 0 Å². The second kappa shape index (κ2) is 10.3. The highest BCUT2D eigenvalue weighted by molar-refractivity contribution is 5.78. The fourth-order valence-electron chi connectivity index (χ4n) is 3.65. The van der Waals surface area contributed by atoms with Crippen molar-refractivity contribution in [3.8, 4) is 28.5 Å². The van der Waals surface area contributed by atoms with Gasteiger partial charge in [0, 0.05) is 37.8 Å². The van der Waals surface area contributed by atoms with E-state index in [-0.39, 0.29) is 18.3 Å². The predicted molar refractivity (Wildman–Crippen MR) is 121 cm³/mol. The van der Waals surface area contributed by atoms with Crippen molar-refractivity contribution in [3.63, 3.8) is 0 Å². The molecule has 0 bridgehead atoms. The summed E-state index contributed by atoms with van der Waals surface area (Å²) >= 11 is 0. The first-order valence-corrected chi connectivity index (χ1v) is 10.6. The number of halogens is 2. The molecule has 0 N–H and O–H groups in total. The van der Waals surface area contributed by atoms with Crippen LogP contribution in [0.1, 0.15) is 0 Å². The maximum absolute atomic E-state index is 13.7. The van der Waals surface area contributed by atoms with Crippen LogP contribution in [-0.2, 0) is 4.79 Å². The van der Waals surface area contributed by atoms with Gasteiger partial charge in [0.1, 0.15) is 5.82 Å². The van der Waals surface area contributed by atoms with Gasteiger partial charge in [-0.2, -0.15) is 0 Å². The van der Waals surface area contributed by atoms with Crippen LogP contribution in [0.15, 0.2) is 48.5 Å². The standard InChI is InChI=1S/C24H24F2N4O4/c1-32-21-6-3-16(13-22(21)33-2)19-5-8-23(28-27-19)29-9-11-30(12-10-29)24(31)15-34-20-7-4-17(25)14-18(20)26/h3-8,13-14H,9-12,15H2,1-2H3. The number of hydrogen-bond acceptors (Lipinski definition) is 7. The van der Waals surface area contributed by atoms with Crippen molar-refractivity contribution < 1.29 is 27.8 Å². The zero-order chi connectivity index (χ0) is 24.1. The molecule has 8 nitrogen and oxygen atoms in total. The molecule has 1 fully saturated rings. The first-order valence-electron chi connectivity index (χ1n) is 10.6. The molecule has 1 saturated heterocycles. The molecule has 2 heterocycles. The normalized spacial score (nSPS) is 13.5. The van der Waals surface area contributed by atoms with Gasteiger partial charge < -0.3 is 24.0 Å². The average Bonchev–Trinajstić information content (AvgIpc) is 2.87. The van der Waals surface area contributed by atoms with E-state index in [4.69, 9.17) is 14.2 Å². The number of methoxy groups -OCH3 is 2. The molecule has 1 aliphatic rings. The number of nitrogens with zero attached hydrogens (tertiary/aromatic N) is 4. The number of rotatable bonds is 7. The van der Waals surface area contributed by atoms with E-state index in [0.29, 0.717) is 49.2 Å². The minimum atomic E-state index is -0.840. The fraction of sp³-hybridized carbons (Fsp3) is 0.292. The maximum atomic E-state index is 13.7. The maximum Gasteiger partial charge on any atom is 0.260 e.